The van der Waals surface area contributed by atoms with Crippen LogP contribution in [0.4, 0.5) is 5.69 Å². The van der Waals surface area contributed by atoms with Gasteiger partial charge >= 0.3 is 29.8 Å². The molecule has 2 aromatic carbocycles. The molecule has 3 aromatic rings. The number of pyridine rings is 1. The number of hydrogen-bond acceptors (Lipinski definition) is 12. The summed E-state index contributed by atoms with van der Waals surface area (Å²) in [6, 6.07) is 14.4. The molecule has 1 aliphatic rings. The van der Waals surface area contributed by atoms with Gasteiger partial charge in [0.15, 0.2) is 0 Å². The topological polar surface area (TPSA) is 262 Å². The van der Waals surface area contributed by atoms with Crippen LogP contribution in [0, 0.1) is 0 Å². The predicted octanol–water partition coefficient (Wildman–Crippen LogP) is 1.07. The van der Waals surface area contributed by atoms with E-state index in [1.165, 1.54) is 7.11 Å². The van der Waals surface area contributed by atoms with Crippen LogP contribution in [0.25, 0.3) is 10.9 Å². The summed E-state index contributed by atoms with van der Waals surface area (Å²) < 4.78 is 10.1. The number of β-amino-alcohol motifs (C(OH)–C–C–N with tert-alkyl or cyclic N) is 1. The number of carbonyl (C=O) groups is 6. The summed E-state index contributed by atoms with van der Waals surface area (Å²) >= 11 is 0. The van der Waals surface area contributed by atoms with Crippen molar-refractivity contribution in [3.8, 4) is 5.75 Å². The summed E-state index contributed by atoms with van der Waals surface area (Å²) in [6.07, 6.45) is 2.84. The fourth-order valence-electron chi connectivity index (χ4n) is 4.51. The van der Waals surface area contributed by atoms with E-state index >= 15 is 0 Å². The van der Waals surface area contributed by atoms with Gasteiger partial charge in [0.2, 0.25) is 5.91 Å². The number of esters is 1. The number of benzene rings is 2. The molecule has 1 atom stereocenters. The monoisotopic (exact) mass is 672 g/mol. The van der Waals surface area contributed by atoms with E-state index in [2.05, 4.69) is 20.5 Å². The zero-order valence-corrected chi connectivity index (χ0v) is 26.0. The van der Waals surface area contributed by atoms with Crippen LogP contribution in [0.1, 0.15) is 34.9 Å². The minimum Gasteiger partial charge on any atom is -0.497 e. The zero-order chi connectivity index (χ0) is 35.8. The Morgan fingerprint density at radius 2 is 1.52 bits per heavy atom. The van der Waals surface area contributed by atoms with E-state index in [0.717, 1.165) is 48.1 Å². The molecule has 17 heteroatoms. The van der Waals surface area contributed by atoms with E-state index < -0.39 is 36.0 Å². The average Bonchev–Trinajstić information content (AvgIpc) is 3.07. The van der Waals surface area contributed by atoms with Crippen molar-refractivity contribution in [2.75, 3.05) is 45.7 Å². The van der Waals surface area contributed by atoms with Crippen molar-refractivity contribution in [1.29, 1.82) is 0 Å². The summed E-state index contributed by atoms with van der Waals surface area (Å²) in [7, 11) is 2.94. The van der Waals surface area contributed by atoms with Gasteiger partial charge in [0.05, 0.1) is 37.9 Å². The number of nitrogens with zero attached hydrogens (tertiary/aromatic N) is 2. The van der Waals surface area contributed by atoms with E-state index in [0.29, 0.717) is 17.8 Å². The lowest BCUT2D eigenvalue weighted by molar-refractivity contribution is -0.159. The van der Waals surface area contributed by atoms with Crippen molar-refractivity contribution < 1.29 is 63.8 Å². The van der Waals surface area contributed by atoms with Gasteiger partial charge in [-0.25, -0.2) is 24.0 Å². The van der Waals surface area contributed by atoms with E-state index in [1.807, 2.05) is 24.3 Å². The molecule has 0 saturated carbocycles. The SMILES string of the molecule is COC(=O)c1cccc(NC(=O)CNC2CCN(C[C@H](O)c3ccnc4ccc(OC)cc34)CC2)c1.O=C(O)C(=O)O.O=C(O)C(=O)O. The van der Waals surface area contributed by atoms with Gasteiger partial charge in [0, 0.05) is 29.9 Å². The lowest BCUT2D eigenvalue weighted by atomic mass is 10.0. The molecule has 48 heavy (non-hydrogen) atoms. The lowest BCUT2D eigenvalue weighted by Gasteiger charge is -2.33. The maximum atomic E-state index is 12.4. The number of aromatic nitrogens is 1. The van der Waals surface area contributed by atoms with Gasteiger partial charge in [-0.1, -0.05) is 6.07 Å². The second-order valence-corrected chi connectivity index (χ2v) is 10.1. The third-order valence-electron chi connectivity index (χ3n) is 6.84. The van der Waals surface area contributed by atoms with E-state index in [1.54, 1.807) is 37.6 Å². The van der Waals surface area contributed by atoms with Crippen LogP contribution in [0.5, 0.6) is 5.75 Å². The first-order chi connectivity index (χ1) is 22.7. The van der Waals surface area contributed by atoms with Gasteiger partial charge in [-0.05, 0) is 74.0 Å². The summed E-state index contributed by atoms with van der Waals surface area (Å²) in [5, 5.41) is 47.6. The van der Waals surface area contributed by atoms with Gasteiger partial charge in [0.25, 0.3) is 0 Å². The number of hydrogen-bond donors (Lipinski definition) is 7. The van der Waals surface area contributed by atoms with Gasteiger partial charge in [-0.15, -0.1) is 0 Å². The van der Waals surface area contributed by atoms with Crippen molar-refractivity contribution in [3.05, 3.63) is 65.9 Å². The Balaban J connectivity index is 0.000000570. The molecule has 2 heterocycles. The molecular weight excluding hydrogens is 636 g/mol. The second kappa shape index (κ2) is 19.1. The van der Waals surface area contributed by atoms with Crippen LogP contribution >= 0.6 is 0 Å². The van der Waals surface area contributed by atoms with Gasteiger partial charge in [0.1, 0.15) is 5.75 Å². The van der Waals surface area contributed by atoms with Crippen LogP contribution in [0.15, 0.2) is 54.7 Å². The molecule has 1 aromatic heterocycles. The largest absolute Gasteiger partial charge is 0.497 e. The smallest absolute Gasteiger partial charge is 0.414 e. The molecule has 1 fully saturated rings. The highest BCUT2D eigenvalue weighted by atomic mass is 16.5. The Hall–Kier alpha value is -5.65. The highest BCUT2D eigenvalue weighted by Gasteiger charge is 2.23. The van der Waals surface area contributed by atoms with Gasteiger partial charge in [-0.3, -0.25) is 9.78 Å². The fraction of sp³-hybridized carbons (Fsp3) is 0.323. The number of aliphatic hydroxyl groups excluding tert-OH is 1. The second-order valence-electron chi connectivity index (χ2n) is 10.1. The molecule has 0 unspecified atom stereocenters. The highest BCUT2D eigenvalue weighted by Crippen LogP contribution is 2.27. The average molecular weight is 673 g/mol. The molecule has 17 nitrogen and oxygen atoms in total. The Bertz CT molecular complexity index is 1560. The van der Waals surface area contributed by atoms with Crippen LogP contribution in [0.2, 0.25) is 0 Å². The first-order valence-corrected chi connectivity index (χ1v) is 14.2. The van der Waals surface area contributed by atoms with Crippen LogP contribution in [-0.2, 0) is 28.7 Å². The molecule has 0 radical (unpaired) electrons. The number of carboxylic acid groups (broad SMARTS) is 4. The van der Waals surface area contributed by atoms with Crippen molar-refractivity contribution in [3.63, 3.8) is 0 Å². The number of carbonyl (C=O) groups excluding carboxylic acids is 2. The molecule has 4 rings (SSSR count). The zero-order valence-electron chi connectivity index (χ0n) is 26.0. The maximum Gasteiger partial charge on any atom is 0.414 e. The standard InChI is InChI=1S/C27H32N4O5.2C2H2O4/c1-35-21-6-7-24-23(15-21)22(8-11-28-24)25(32)17-31-12-9-19(10-13-31)29-16-26(33)30-20-5-3-4-18(14-20)27(34)36-2;2*3-1(4)2(5)6/h3-8,11,14-15,19,25,29,32H,9-10,12-13,16-17H2,1-2H3,(H,30,33);2*(H,3,4)(H,5,6)/t25-;;/m0../s1. The lowest BCUT2D eigenvalue weighted by Crippen LogP contribution is -2.45. The molecule has 0 bridgehead atoms. The Labute approximate surface area is 273 Å². The van der Waals surface area contributed by atoms with Crippen LogP contribution < -0.4 is 15.4 Å². The normalized spacial score (nSPS) is 13.4. The number of likely N-dealkylation sites (tertiary alicyclic amines) is 1. The quantitative estimate of drug-likeness (QED) is 0.124. The number of piperidine rings is 1. The summed E-state index contributed by atoms with van der Waals surface area (Å²) in [6.45, 7) is 2.36. The fourth-order valence-corrected chi connectivity index (χ4v) is 4.51. The highest BCUT2D eigenvalue weighted by molar-refractivity contribution is 6.27. The van der Waals surface area contributed by atoms with E-state index in [4.69, 9.17) is 49.1 Å². The third kappa shape index (κ3) is 12.6. The first kappa shape index (κ1) is 38.5. The van der Waals surface area contributed by atoms with E-state index in [-0.39, 0.29) is 18.5 Å². The van der Waals surface area contributed by atoms with Crippen LogP contribution in [-0.4, -0.2) is 118 Å². The molecule has 0 spiro atoms. The minimum absolute atomic E-state index is 0.171. The van der Waals surface area contributed by atoms with Crippen molar-refractivity contribution in [2.24, 2.45) is 0 Å². The number of amides is 1. The van der Waals surface area contributed by atoms with Crippen molar-refractivity contribution >= 4 is 52.3 Å². The van der Waals surface area contributed by atoms with Crippen LogP contribution in [0.3, 0.4) is 0 Å². The number of ether oxygens (including phenoxy) is 2. The van der Waals surface area contributed by atoms with E-state index in [9.17, 15) is 14.7 Å². The number of aliphatic hydroxyl groups is 1. The number of methoxy groups -OCH3 is 2. The number of carboxylic acids is 4. The molecular formula is C31H36N4O13. The number of aliphatic carboxylic acids is 4. The summed E-state index contributed by atoms with van der Waals surface area (Å²) in [4.78, 5) is 67.1. The number of nitrogens with one attached hydrogen (secondary N) is 2. The minimum atomic E-state index is -1.82. The Kier molecular flexibility index (Phi) is 15.3. The van der Waals surface area contributed by atoms with Gasteiger partial charge in [-0.2, -0.15) is 0 Å². The molecule has 7 N–H and O–H groups in total. The summed E-state index contributed by atoms with van der Waals surface area (Å²) in [5.74, 6) is -7.18. The molecule has 1 aliphatic heterocycles. The number of rotatable bonds is 9. The summed E-state index contributed by atoms with van der Waals surface area (Å²) in [5.41, 5.74) is 2.60. The molecule has 1 saturated heterocycles. The predicted molar refractivity (Wildman–Crippen MR) is 168 cm³/mol. The molecule has 1 amide bonds. The maximum absolute atomic E-state index is 12.4. The molecule has 0 aliphatic carbocycles. The van der Waals surface area contributed by atoms with Crippen molar-refractivity contribution in [2.45, 2.75) is 25.0 Å². The number of fused-ring (bicyclic) bond motifs is 1. The Morgan fingerprint density at radius 3 is 2.08 bits per heavy atom. The first-order valence-electron chi connectivity index (χ1n) is 14.2. The van der Waals surface area contributed by atoms with Crippen molar-refractivity contribution in [1.82, 2.24) is 15.2 Å². The number of anilines is 1. The Morgan fingerprint density at radius 1 is 0.896 bits per heavy atom. The third-order valence-corrected chi connectivity index (χ3v) is 6.84. The van der Waals surface area contributed by atoms with Gasteiger partial charge < -0.3 is 50.5 Å². The molecule has 258 valence electrons.